The highest BCUT2D eigenvalue weighted by molar-refractivity contribution is 7.93. The Labute approximate surface area is 233 Å². The Bertz CT molecular complexity index is 1530. The van der Waals surface area contributed by atoms with E-state index in [9.17, 15) is 25.6 Å². The van der Waals surface area contributed by atoms with Crippen molar-refractivity contribution in [3.63, 3.8) is 0 Å². The molecule has 0 atom stereocenters. The van der Waals surface area contributed by atoms with Gasteiger partial charge >= 0.3 is 0 Å². The van der Waals surface area contributed by atoms with Gasteiger partial charge in [0.05, 0.1) is 36.6 Å². The average molecular weight is 599 g/mol. The molecule has 0 saturated heterocycles. The van der Waals surface area contributed by atoms with E-state index in [1.54, 1.807) is 0 Å². The Kier molecular flexibility index (Phi) is 10.6. The van der Waals surface area contributed by atoms with Crippen molar-refractivity contribution < 1.29 is 39.8 Å². The van der Waals surface area contributed by atoms with E-state index in [4.69, 9.17) is 14.2 Å². The second-order valence-electron chi connectivity index (χ2n) is 8.72. The molecule has 0 radical (unpaired) electrons. The van der Waals surface area contributed by atoms with Crippen LogP contribution in [0.1, 0.15) is 39.5 Å². The third-order valence-electron chi connectivity index (χ3n) is 5.61. The lowest BCUT2D eigenvalue weighted by Crippen LogP contribution is -2.17. The molecule has 0 heterocycles. The third-order valence-corrected chi connectivity index (χ3v) is 8.40. The predicted octanol–water partition coefficient (Wildman–Crippen LogP) is 5.93. The smallest absolute Gasteiger partial charge is 0.265 e. The number of methoxy groups -OCH3 is 1. The molecule has 0 amide bonds. The van der Waals surface area contributed by atoms with E-state index in [0.717, 1.165) is 49.9 Å². The zero-order chi connectivity index (χ0) is 29.3. The van der Waals surface area contributed by atoms with E-state index < -0.39 is 41.5 Å². The summed E-state index contributed by atoms with van der Waals surface area (Å²) in [5, 5.41) is 0. The molecular formula is C27H32F2N2O7S2. The predicted molar refractivity (Wildman–Crippen MR) is 148 cm³/mol. The van der Waals surface area contributed by atoms with Crippen molar-refractivity contribution >= 4 is 31.4 Å². The van der Waals surface area contributed by atoms with Crippen molar-refractivity contribution in [1.82, 2.24) is 0 Å². The van der Waals surface area contributed by atoms with Crippen molar-refractivity contribution in [1.29, 1.82) is 0 Å². The fraction of sp³-hybridized carbons (Fsp3) is 0.333. The SMILES string of the molecule is CCCCOc1ccc(NS(=O)(=O)c2ccc(OC)c(S(=O)(=O)Nc3ccc(OCCCC)c(F)c3)c2)cc1F. The Balaban J connectivity index is 1.84. The molecule has 0 aromatic heterocycles. The minimum atomic E-state index is -4.44. The summed E-state index contributed by atoms with van der Waals surface area (Å²) in [6.07, 6.45) is 3.20. The fourth-order valence-corrected chi connectivity index (χ4v) is 5.87. The van der Waals surface area contributed by atoms with Crippen LogP contribution in [-0.4, -0.2) is 37.2 Å². The normalized spacial score (nSPS) is 11.6. The van der Waals surface area contributed by atoms with Gasteiger partial charge in [0.15, 0.2) is 23.1 Å². The van der Waals surface area contributed by atoms with Gasteiger partial charge in [-0.3, -0.25) is 9.44 Å². The summed E-state index contributed by atoms with van der Waals surface area (Å²) in [5.74, 6) is -1.71. The van der Waals surface area contributed by atoms with Gasteiger partial charge in [-0.25, -0.2) is 25.6 Å². The number of benzene rings is 3. The van der Waals surface area contributed by atoms with Gasteiger partial charge in [0.25, 0.3) is 20.0 Å². The minimum Gasteiger partial charge on any atom is -0.495 e. The molecule has 218 valence electrons. The van der Waals surface area contributed by atoms with Gasteiger partial charge in [-0.05, 0) is 55.3 Å². The molecule has 3 rings (SSSR count). The summed E-state index contributed by atoms with van der Waals surface area (Å²) >= 11 is 0. The number of hydrogen-bond acceptors (Lipinski definition) is 7. The topological polar surface area (TPSA) is 120 Å². The van der Waals surface area contributed by atoms with Crippen molar-refractivity contribution in [3.05, 3.63) is 66.2 Å². The summed E-state index contributed by atoms with van der Waals surface area (Å²) in [7, 11) is -7.57. The number of ether oxygens (including phenoxy) is 3. The number of halogens is 2. The molecule has 0 spiro atoms. The molecule has 13 heteroatoms. The van der Waals surface area contributed by atoms with Crippen molar-refractivity contribution in [2.24, 2.45) is 0 Å². The first kappa shape index (κ1) is 31.0. The first-order valence-electron chi connectivity index (χ1n) is 12.6. The van der Waals surface area contributed by atoms with Crippen LogP contribution in [0.2, 0.25) is 0 Å². The van der Waals surface area contributed by atoms with Gasteiger partial charge in [0.1, 0.15) is 10.6 Å². The Hall–Kier alpha value is -3.58. The van der Waals surface area contributed by atoms with E-state index in [0.29, 0.717) is 13.2 Å². The standard InChI is InChI=1S/C27H32F2N2O7S2/c1-4-6-14-37-24-11-8-19(16-22(24)28)30-39(32,33)21-10-13-26(36-3)27(18-21)40(34,35)31-20-9-12-25(23(29)17-20)38-15-7-5-2/h8-13,16-18,30-31H,4-7,14-15H2,1-3H3. The van der Waals surface area contributed by atoms with E-state index in [-0.39, 0.29) is 28.6 Å². The quantitative estimate of drug-likeness (QED) is 0.208. The minimum absolute atomic E-state index is 0.0164. The second kappa shape index (κ2) is 13.7. The number of unbranched alkanes of at least 4 members (excludes halogenated alkanes) is 2. The molecule has 40 heavy (non-hydrogen) atoms. The van der Waals surface area contributed by atoms with Crippen LogP contribution in [-0.2, 0) is 20.0 Å². The zero-order valence-corrected chi connectivity index (χ0v) is 24.0. The molecule has 0 aliphatic heterocycles. The van der Waals surface area contributed by atoms with E-state index in [1.807, 2.05) is 13.8 Å². The maximum Gasteiger partial charge on any atom is 0.265 e. The van der Waals surface area contributed by atoms with Gasteiger partial charge in [0, 0.05) is 12.1 Å². The van der Waals surface area contributed by atoms with Crippen molar-refractivity contribution in [3.8, 4) is 17.2 Å². The summed E-state index contributed by atoms with van der Waals surface area (Å²) in [6.45, 7) is 4.56. The van der Waals surface area contributed by atoms with E-state index in [1.165, 1.54) is 37.4 Å². The Morgan fingerprint density at radius 1 is 0.675 bits per heavy atom. The lowest BCUT2D eigenvalue weighted by Gasteiger charge is -2.15. The monoisotopic (exact) mass is 598 g/mol. The van der Waals surface area contributed by atoms with Crippen LogP contribution in [0.3, 0.4) is 0 Å². The molecule has 0 saturated carbocycles. The molecule has 3 aromatic carbocycles. The molecule has 0 unspecified atom stereocenters. The van der Waals surface area contributed by atoms with Crippen LogP contribution < -0.4 is 23.7 Å². The van der Waals surface area contributed by atoms with Crippen molar-refractivity contribution in [2.45, 2.75) is 49.3 Å². The average Bonchev–Trinajstić information content (AvgIpc) is 2.90. The highest BCUT2D eigenvalue weighted by Gasteiger charge is 2.25. The number of hydrogen-bond donors (Lipinski definition) is 2. The number of nitrogens with one attached hydrogen (secondary N) is 2. The summed E-state index contributed by atoms with van der Waals surface area (Å²) in [4.78, 5) is -0.935. The van der Waals surface area contributed by atoms with Crippen LogP contribution in [0.4, 0.5) is 20.2 Å². The maximum atomic E-state index is 14.5. The van der Waals surface area contributed by atoms with Crippen LogP contribution in [0, 0.1) is 11.6 Å². The molecule has 3 aromatic rings. The lowest BCUT2D eigenvalue weighted by molar-refractivity contribution is 0.294. The van der Waals surface area contributed by atoms with Gasteiger partial charge in [-0.1, -0.05) is 26.7 Å². The van der Waals surface area contributed by atoms with Crippen LogP contribution in [0.15, 0.2) is 64.4 Å². The molecule has 0 aliphatic rings. The molecule has 0 aliphatic carbocycles. The molecule has 9 nitrogen and oxygen atoms in total. The van der Waals surface area contributed by atoms with Crippen LogP contribution in [0.5, 0.6) is 17.2 Å². The first-order chi connectivity index (χ1) is 19.0. The second-order valence-corrected chi connectivity index (χ2v) is 12.1. The Morgan fingerprint density at radius 3 is 1.60 bits per heavy atom. The van der Waals surface area contributed by atoms with E-state index >= 15 is 0 Å². The van der Waals surface area contributed by atoms with Crippen LogP contribution >= 0.6 is 0 Å². The first-order valence-corrected chi connectivity index (χ1v) is 15.6. The fourth-order valence-electron chi connectivity index (χ4n) is 3.47. The van der Waals surface area contributed by atoms with Gasteiger partial charge < -0.3 is 14.2 Å². The highest BCUT2D eigenvalue weighted by Crippen LogP contribution is 2.31. The lowest BCUT2D eigenvalue weighted by atomic mass is 10.3. The van der Waals surface area contributed by atoms with Gasteiger partial charge in [0.2, 0.25) is 0 Å². The van der Waals surface area contributed by atoms with Crippen LogP contribution in [0.25, 0.3) is 0 Å². The molecule has 2 N–H and O–H groups in total. The highest BCUT2D eigenvalue weighted by atomic mass is 32.2. The molecule has 0 bridgehead atoms. The summed E-state index contributed by atoms with van der Waals surface area (Å²) in [6, 6.07) is 10.4. The largest absolute Gasteiger partial charge is 0.495 e. The number of sulfonamides is 2. The van der Waals surface area contributed by atoms with Crippen molar-refractivity contribution in [2.75, 3.05) is 29.8 Å². The molecular weight excluding hydrogens is 566 g/mol. The summed E-state index contributed by atoms with van der Waals surface area (Å²) in [5.41, 5.74) is -0.194. The number of anilines is 2. The third kappa shape index (κ3) is 7.98. The number of rotatable bonds is 15. The van der Waals surface area contributed by atoms with Gasteiger partial charge in [-0.15, -0.1) is 0 Å². The molecule has 0 fully saturated rings. The maximum absolute atomic E-state index is 14.5. The Morgan fingerprint density at radius 2 is 1.15 bits per heavy atom. The summed E-state index contributed by atoms with van der Waals surface area (Å²) < 4.78 is 102. The van der Waals surface area contributed by atoms with Gasteiger partial charge in [-0.2, -0.15) is 0 Å². The van der Waals surface area contributed by atoms with E-state index in [2.05, 4.69) is 9.44 Å². The zero-order valence-electron chi connectivity index (χ0n) is 22.4.